The van der Waals surface area contributed by atoms with Gasteiger partial charge in [-0.25, -0.2) is 9.67 Å². The number of fused-ring (bicyclic) bond motifs is 2. The largest absolute Gasteiger partial charge is 0.454 e. The van der Waals surface area contributed by atoms with E-state index in [9.17, 15) is 9.59 Å². The summed E-state index contributed by atoms with van der Waals surface area (Å²) in [5, 5.41) is 8.00. The second-order valence-electron chi connectivity index (χ2n) is 8.67. The number of benzene rings is 1. The molecular formula is C25H25N5O4. The molecule has 1 amide bonds. The van der Waals surface area contributed by atoms with Crippen molar-refractivity contribution < 1.29 is 14.3 Å². The molecule has 2 N–H and O–H groups in total. The van der Waals surface area contributed by atoms with Crippen molar-refractivity contribution in [1.29, 1.82) is 0 Å². The molecule has 1 aromatic carbocycles. The average molecular weight is 460 g/mol. The zero-order valence-corrected chi connectivity index (χ0v) is 19.4. The number of nitrogens with zero attached hydrogens (tertiary/aromatic N) is 3. The molecule has 1 aliphatic rings. The van der Waals surface area contributed by atoms with Crippen molar-refractivity contribution in [3.63, 3.8) is 0 Å². The molecule has 9 heteroatoms. The van der Waals surface area contributed by atoms with Crippen molar-refractivity contribution in [2.45, 2.75) is 40.3 Å². The van der Waals surface area contributed by atoms with Crippen molar-refractivity contribution in [1.82, 2.24) is 25.1 Å². The number of aromatic amines is 1. The first kappa shape index (κ1) is 21.7. The van der Waals surface area contributed by atoms with Crippen molar-refractivity contribution in [2.75, 3.05) is 6.79 Å². The Bertz CT molecular complexity index is 1480. The average Bonchev–Trinajstić information content (AvgIpc) is 3.43. The van der Waals surface area contributed by atoms with Crippen LogP contribution in [0.5, 0.6) is 11.5 Å². The molecule has 0 saturated carbocycles. The van der Waals surface area contributed by atoms with Crippen LogP contribution < -0.4 is 20.3 Å². The fourth-order valence-electron chi connectivity index (χ4n) is 4.15. The van der Waals surface area contributed by atoms with Gasteiger partial charge in [-0.05, 0) is 63.6 Å². The number of carbonyl (C=O) groups is 1. The molecule has 0 radical (unpaired) electrons. The number of aryl methyl sites for hydroxylation is 2. The maximum Gasteiger partial charge on any atom is 0.253 e. The Morgan fingerprint density at radius 2 is 1.97 bits per heavy atom. The third-order valence-corrected chi connectivity index (χ3v) is 5.89. The van der Waals surface area contributed by atoms with Gasteiger partial charge in [0.15, 0.2) is 17.1 Å². The summed E-state index contributed by atoms with van der Waals surface area (Å²) >= 11 is 0. The first-order chi connectivity index (χ1) is 16.3. The highest BCUT2D eigenvalue weighted by Gasteiger charge is 2.21. The van der Waals surface area contributed by atoms with Crippen molar-refractivity contribution in [3.05, 3.63) is 69.3 Å². The van der Waals surface area contributed by atoms with Gasteiger partial charge < -0.3 is 19.8 Å². The second kappa shape index (κ2) is 8.33. The van der Waals surface area contributed by atoms with Crippen LogP contribution in [0, 0.1) is 13.8 Å². The first-order valence-electron chi connectivity index (χ1n) is 11.1. The van der Waals surface area contributed by atoms with Crippen LogP contribution in [0.2, 0.25) is 0 Å². The van der Waals surface area contributed by atoms with E-state index in [0.29, 0.717) is 39.4 Å². The van der Waals surface area contributed by atoms with Gasteiger partial charge in [0.1, 0.15) is 0 Å². The Morgan fingerprint density at radius 3 is 2.74 bits per heavy atom. The van der Waals surface area contributed by atoms with Crippen molar-refractivity contribution in [3.8, 4) is 22.8 Å². The smallest absolute Gasteiger partial charge is 0.253 e. The minimum Gasteiger partial charge on any atom is -0.454 e. The number of H-pyrrole nitrogens is 1. The number of rotatable bonds is 5. The van der Waals surface area contributed by atoms with E-state index >= 15 is 0 Å². The van der Waals surface area contributed by atoms with Gasteiger partial charge in [0.2, 0.25) is 6.79 Å². The molecule has 0 aliphatic carbocycles. The summed E-state index contributed by atoms with van der Waals surface area (Å²) in [6, 6.07) is 9.25. The predicted molar refractivity (Wildman–Crippen MR) is 127 cm³/mol. The van der Waals surface area contributed by atoms with E-state index in [1.165, 1.54) is 0 Å². The Hall–Kier alpha value is -4.14. The molecule has 0 fully saturated rings. The molecule has 3 aromatic heterocycles. The Labute approximate surface area is 195 Å². The standard InChI is InChI=1S/C25H25N5O4/c1-13(2)30-23-19(11-27-30)17(24(31)26-10-18-14(3)7-15(4)28-25(18)32)9-20(29-23)16-5-6-21-22(8-16)34-12-33-21/h5-9,11,13H,10,12H2,1-4H3,(H,26,31)(H,28,32). The number of ether oxygens (including phenoxy) is 2. The second-order valence-corrected chi connectivity index (χ2v) is 8.67. The molecule has 9 nitrogen and oxygen atoms in total. The highest BCUT2D eigenvalue weighted by molar-refractivity contribution is 6.06. The lowest BCUT2D eigenvalue weighted by Gasteiger charge is -2.12. The molecule has 0 bridgehead atoms. The van der Waals surface area contributed by atoms with E-state index in [1.807, 2.05) is 52.0 Å². The van der Waals surface area contributed by atoms with Gasteiger partial charge in [-0.1, -0.05) is 0 Å². The number of hydrogen-bond acceptors (Lipinski definition) is 6. The SMILES string of the molecule is Cc1cc(C)c(CNC(=O)c2cc(-c3ccc4c(c3)OCO4)nc3c2cnn3C(C)C)c(=O)[nH]1. The summed E-state index contributed by atoms with van der Waals surface area (Å²) in [7, 11) is 0. The van der Waals surface area contributed by atoms with Gasteiger partial charge in [0.25, 0.3) is 11.5 Å². The van der Waals surface area contributed by atoms with Crippen LogP contribution in [0.1, 0.15) is 47.1 Å². The van der Waals surface area contributed by atoms with Crippen LogP contribution in [-0.4, -0.2) is 32.4 Å². The lowest BCUT2D eigenvalue weighted by molar-refractivity contribution is 0.0952. The number of hydrogen-bond donors (Lipinski definition) is 2. The highest BCUT2D eigenvalue weighted by Crippen LogP contribution is 2.36. The van der Waals surface area contributed by atoms with Crippen molar-refractivity contribution in [2.24, 2.45) is 0 Å². The molecule has 174 valence electrons. The van der Waals surface area contributed by atoms with E-state index < -0.39 is 0 Å². The number of aromatic nitrogens is 4. The monoisotopic (exact) mass is 459 g/mol. The topological polar surface area (TPSA) is 111 Å². The number of carbonyl (C=O) groups excluding carboxylic acids is 1. The first-order valence-corrected chi connectivity index (χ1v) is 11.1. The van der Waals surface area contributed by atoms with Gasteiger partial charge in [-0.2, -0.15) is 5.10 Å². The molecule has 0 spiro atoms. The van der Waals surface area contributed by atoms with Gasteiger partial charge in [-0.3, -0.25) is 9.59 Å². The minimum atomic E-state index is -0.308. The molecule has 34 heavy (non-hydrogen) atoms. The van der Waals surface area contributed by atoms with Crippen LogP contribution in [0.25, 0.3) is 22.3 Å². The third-order valence-electron chi connectivity index (χ3n) is 5.89. The summed E-state index contributed by atoms with van der Waals surface area (Å²) in [6.45, 7) is 7.99. The van der Waals surface area contributed by atoms with Crippen molar-refractivity contribution >= 4 is 16.9 Å². The van der Waals surface area contributed by atoms with E-state index in [4.69, 9.17) is 14.5 Å². The molecule has 5 rings (SSSR count). The molecule has 4 aromatic rings. The zero-order chi connectivity index (χ0) is 24.0. The highest BCUT2D eigenvalue weighted by atomic mass is 16.7. The lowest BCUT2D eigenvalue weighted by Crippen LogP contribution is -2.28. The summed E-state index contributed by atoms with van der Waals surface area (Å²) < 4.78 is 12.7. The maximum absolute atomic E-state index is 13.3. The predicted octanol–water partition coefficient (Wildman–Crippen LogP) is 3.64. The van der Waals surface area contributed by atoms with Gasteiger partial charge in [0, 0.05) is 29.4 Å². The third kappa shape index (κ3) is 3.79. The Kier molecular flexibility index (Phi) is 5.31. The summed E-state index contributed by atoms with van der Waals surface area (Å²) in [6.07, 6.45) is 1.66. The van der Waals surface area contributed by atoms with Crippen LogP contribution in [0.15, 0.2) is 41.3 Å². The van der Waals surface area contributed by atoms with E-state index in [2.05, 4.69) is 15.4 Å². The summed E-state index contributed by atoms with van der Waals surface area (Å²) in [5.74, 6) is 1.00. The molecule has 1 aliphatic heterocycles. The molecule has 0 saturated heterocycles. The zero-order valence-electron chi connectivity index (χ0n) is 19.4. The van der Waals surface area contributed by atoms with Gasteiger partial charge >= 0.3 is 0 Å². The fraction of sp³-hybridized carbons (Fsp3) is 0.280. The molecule has 4 heterocycles. The van der Waals surface area contributed by atoms with Gasteiger partial charge in [0.05, 0.1) is 22.8 Å². The number of pyridine rings is 2. The molecule has 0 unspecified atom stereocenters. The Balaban J connectivity index is 1.56. The van der Waals surface area contributed by atoms with Crippen LogP contribution in [-0.2, 0) is 6.54 Å². The van der Waals surface area contributed by atoms with Gasteiger partial charge in [-0.15, -0.1) is 0 Å². The quantitative estimate of drug-likeness (QED) is 0.471. The maximum atomic E-state index is 13.3. The fourth-order valence-corrected chi connectivity index (χ4v) is 4.15. The number of nitrogens with one attached hydrogen (secondary N) is 2. The number of amides is 1. The van der Waals surface area contributed by atoms with Crippen LogP contribution in [0.4, 0.5) is 0 Å². The van der Waals surface area contributed by atoms with Crippen LogP contribution >= 0.6 is 0 Å². The van der Waals surface area contributed by atoms with Crippen LogP contribution in [0.3, 0.4) is 0 Å². The minimum absolute atomic E-state index is 0.0571. The normalized spacial score (nSPS) is 12.5. The van der Waals surface area contributed by atoms with E-state index in [0.717, 1.165) is 16.8 Å². The summed E-state index contributed by atoms with van der Waals surface area (Å²) in [5.41, 5.74) is 4.39. The molecule has 0 atom stereocenters. The van der Waals surface area contributed by atoms with E-state index in [1.54, 1.807) is 16.9 Å². The van der Waals surface area contributed by atoms with E-state index in [-0.39, 0.29) is 30.8 Å². The lowest BCUT2D eigenvalue weighted by atomic mass is 10.1. The Morgan fingerprint density at radius 1 is 1.18 bits per heavy atom. The molecular weight excluding hydrogens is 434 g/mol. The summed E-state index contributed by atoms with van der Waals surface area (Å²) in [4.78, 5) is 33.3.